The van der Waals surface area contributed by atoms with Crippen molar-refractivity contribution in [1.29, 1.82) is 0 Å². The van der Waals surface area contributed by atoms with E-state index in [0.29, 0.717) is 6.54 Å². The van der Waals surface area contributed by atoms with Crippen LogP contribution < -0.4 is 10.6 Å². The highest BCUT2D eigenvalue weighted by Crippen LogP contribution is 2.29. The van der Waals surface area contributed by atoms with Gasteiger partial charge in [0.15, 0.2) is 0 Å². The van der Waals surface area contributed by atoms with E-state index in [1.54, 1.807) is 0 Å². The van der Waals surface area contributed by atoms with Crippen LogP contribution in [0.25, 0.3) is 0 Å². The van der Waals surface area contributed by atoms with Crippen LogP contribution in [-0.2, 0) is 9.59 Å². The van der Waals surface area contributed by atoms with Crippen molar-refractivity contribution in [2.75, 3.05) is 13.1 Å². The maximum absolute atomic E-state index is 12.1. The normalized spacial score (nSPS) is 35.0. The molecule has 0 bridgehead atoms. The number of aliphatic carboxylic acids is 1. The highest BCUT2D eigenvalue weighted by Gasteiger charge is 2.33. The van der Waals surface area contributed by atoms with E-state index in [-0.39, 0.29) is 29.7 Å². The predicted molar refractivity (Wildman–Crippen MR) is 71.7 cm³/mol. The van der Waals surface area contributed by atoms with Gasteiger partial charge in [-0.3, -0.25) is 9.59 Å². The Hall–Kier alpha value is -1.10. The molecule has 1 heterocycles. The third-order valence-electron chi connectivity index (χ3n) is 4.63. The van der Waals surface area contributed by atoms with Crippen molar-refractivity contribution in [3.8, 4) is 0 Å². The summed E-state index contributed by atoms with van der Waals surface area (Å²) in [6.07, 6.45) is 4.60. The molecule has 1 saturated heterocycles. The van der Waals surface area contributed by atoms with E-state index < -0.39 is 5.97 Å². The Kier molecular flexibility index (Phi) is 4.80. The zero-order chi connectivity index (χ0) is 13.8. The smallest absolute Gasteiger partial charge is 0.306 e. The molecule has 2 aliphatic rings. The molecule has 2 fully saturated rings. The number of nitrogens with one attached hydrogen (secondary N) is 2. The molecule has 0 aromatic carbocycles. The fourth-order valence-electron chi connectivity index (χ4n) is 3.36. The lowest BCUT2D eigenvalue weighted by Gasteiger charge is -2.29. The van der Waals surface area contributed by atoms with Crippen LogP contribution in [0.15, 0.2) is 0 Å². The minimum absolute atomic E-state index is 0.0341. The first kappa shape index (κ1) is 14.3. The number of carboxylic acids is 1. The second-order valence-corrected chi connectivity index (χ2v) is 5.87. The van der Waals surface area contributed by atoms with Gasteiger partial charge < -0.3 is 15.7 Å². The Morgan fingerprint density at radius 1 is 1.21 bits per heavy atom. The summed E-state index contributed by atoms with van der Waals surface area (Å²) >= 11 is 0. The summed E-state index contributed by atoms with van der Waals surface area (Å²) in [4.78, 5) is 23.3. The Balaban J connectivity index is 1.83. The summed E-state index contributed by atoms with van der Waals surface area (Å²) in [5, 5.41) is 15.4. The standard InChI is InChI=1S/C14H24N2O3/c1-9-11(6-7-15-9)13(17)16-8-10-4-2-3-5-12(10)14(18)19/h9-12,15H,2-8H2,1H3,(H,16,17)(H,18,19). The summed E-state index contributed by atoms with van der Waals surface area (Å²) in [7, 11) is 0. The molecule has 108 valence electrons. The second kappa shape index (κ2) is 6.37. The number of hydrogen-bond acceptors (Lipinski definition) is 3. The Labute approximate surface area is 114 Å². The molecular formula is C14H24N2O3. The number of carboxylic acid groups (broad SMARTS) is 1. The van der Waals surface area contributed by atoms with E-state index in [1.165, 1.54) is 0 Å². The van der Waals surface area contributed by atoms with E-state index in [0.717, 1.165) is 38.6 Å². The van der Waals surface area contributed by atoms with E-state index in [9.17, 15) is 14.7 Å². The van der Waals surface area contributed by atoms with Gasteiger partial charge in [-0.25, -0.2) is 0 Å². The molecule has 1 amide bonds. The van der Waals surface area contributed by atoms with Gasteiger partial charge in [0.1, 0.15) is 0 Å². The molecule has 4 atom stereocenters. The first-order valence-electron chi connectivity index (χ1n) is 7.33. The Bertz CT molecular complexity index is 346. The molecule has 19 heavy (non-hydrogen) atoms. The first-order chi connectivity index (χ1) is 9.09. The zero-order valence-corrected chi connectivity index (χ0v) is 11.5. The van der Waals surface area contributed by atoms with Crippen LogP contribution in [0.4, 0.5) is 0 Å². The first-order valence-corrected chi connectivity index (χ1v) is 7.33. The summed E-state index contributed by atoms with van der Waals surface area (Å²) in [6.45, 7) is 3.43. The van der Waals surface area contributed by atoms with Gasteiger partial charge in [-0.15, -0.1) is 0 Å². The van der Waals surface area contributed by atoms with Crippen molar-refractivity contribution in [3.63, 3.8) is 0 Å². The lowest BCUT2D eigenvalue weighted by molar-refractivity contribution is -0.145. The summed E-state index contributed by atoms with van der Waals surface area (Å²) < 4.78 is 0. The van der Waals surface area contributed by atoms with Gasteiger partial charge in [0, 0.05) is 12.6 Å². The zero-order valence-electron chi connectivity index (χ0n) is 11.5. The summed E-state index contributed by atoms with van der Waals surface area (Å²) in [5.74, 6) is -0.790. The van der Waals surface area contributed by atoms with Crippen LogP contribution in [0.2, 0.25) is 0 Å². The number of amides is 1. The quantitative estimate of drug-likeness (QED) is 0.710. The number of carbonyl (C=O) groups is 2. The molecule has 3 N–H and O–H groups in total. The van der Waals surface area contributed by atoms with E-state index >= 15 is 0 Å². The molecule has 1 aliphatic carbocycles. The predicted octanol–water partition coefficient (Wildman–Crippen LogP) is 0.992. The third-order valence-corrected chi connectivity index (χ3v) is 4.63. The van der Waals surface area contributed by atoms with E-state index in [2.05, 4.69) is 10.6 Å². The summed E-state index contributed by atoms with van der Waals surface area (Å²) in [5.41, 5.74) is 0. The maximum Gasteiger partial charge on any atom is 0.306 e. The molecule has 1 saturated carbocycles. The van der Waals surface area contributed by atoms with Crippen LogP contribution in [0, 0.1) is 17.8 Å². The lowest BCUT2D eigenvalue weighted by atomic mass is 9.79. The molecule has 1 aliphatic heterocycles. The fraction of sp³-hybridized carbons (Fsp3) is 0.857. The van der Waals surface area contributed by atoms with Crippen LogP contribution in [0.5, 0.6) is 0 Å². The van der Waals surface area contributed by atoms with Crippen LogP contribution in [-0.4, -0.2) is 36.1 Å². The molecule has 5 nitrogen and oxygen atoms in total. The topological polar surface area (TPSA) is 78.4 Å². The molecule has 0 radical (unpaired) electrons. The Morgan fingerprint density at radius 2 is 1.95 bits per heavy atom. The van der Waals surface area contributed by atoms with Crippen molar-refractivity contribution >= 4 is 11.9 Å². The second-order valence-electron chi connectivity index (χ2n) is 5.87. The van der Waals surface area contributed by atoms with Gasteiger partial charge in [0.25, 0.3) is 0 Å². The monoisotopic (exact) mass is 268 g/mol. The molecule has 0 aromatic rings. The van der Waals surface area contributed by atoms with Crippen molar-refractivity contribution in [3.05, 3.63) is 0 Å². The molecule has 2 rings (SSSR count). The average Bonchev–Trinajstić information content (AvgIpc) is 2.82. The van der Waals surface area contributed by atoms with Gasteiger partial charge in [-0.05, 0) is 38.6 Å². The third kappa shape index (κ3) is 3.47. The van der Waals surface area contributed by atoms with Gasteiger partial charge in [-0.2, -0.15) is 0 Å². The van der Waals surface area contributed by atoms with Gasteiger partial charge >= 0.3 is 5.97 Å². The van der Waals surface area contributed by atoms with Crippen LogP contribution in [0.3, 0.4) is 0 Å². The fourth-order valence-corrected chi connectivity index (χ4v) is 3.36. The SMILES string of the molecule is CC1NCCC1C(=O)NCC1CCCCC1C(=O)O. The lowest BCUT2D eigenvalue weighted by Crippen LogP contribution is -2.41. The molecule has 5 heteroatoms. The highest BCUT2D eigenvalue weighted by atomic mass is 16.4. The highest BCUT2D eigenvalue weighted by molar-refractivity contribution is 5.79. The average molecular weight is 268 g/mol. The molecule has 0 aromatic heterocycles. The molecular weight excluding hydrogens is 244 g/mol. The Morgan fingerprint density at radius 3 is 2.58 bits per heavy atom. The minimum atomic E-state index is -0.713. The van der Waals surface area contributed by atoms with Gasteiger partial charge in [0.05, 0.1) is 11.8 Å². The largest absolute Gasteiger partial charge is 0.481 e. The van der Waals surface area contributed by atoms with Crippen molar-refractivity contribution in [1.82, 2.24) is 10.6 Å². The molecule has 0 spiro atoms. The van der Waals surface area contributed by atoms with E-state index in [1.807, 2.05) is 6.92 Å². The summed E-state index contributed by atoms with van der Waals surface area (Å²) in [6, 6.07) is 0.224. The number of rotatable bonds is 4. The van der Waals surface area contributed by atoms with E-state index in [4.69, 9.17) is 0 Å². The number of hydrogen-bond donors (Lipinski definition) is 3. The minimum Gasteiger partial charge on any atom is -0.481 e. The van der Waals surface area contributed by atoms with Crippen LogP contribution in [0.1, 0.15) is 39.0 Å². The van der Waals surface area contributed by atoms with Crippen molar-refractivity contribution in [2.45, 2.75) is 45.1 Å². The number of carbonyl (C=O) groups excluding carboxylic acids is 1. The van der Waals surface area contributed by atoms with Gasteiger partial charge in [-0.1, -0.05) is 12.8 Å². The molecule has 4 unspecified atom stereocenters. The van der Waals surface area contributed by atoms with Gasteiger partial charge in [0.2, 0.25) is 5.91 Å². The maximum atomic E-state index is 12.1. The van der Waals surface area contributed by atoms with Crippen LogP contribution >= 0.6 is 0 Å². The van der Waals surface area contributed by atoms with Crippen molar-refractivity contribution < 1.29 is 14.7 Å². The van der Waals surface area contributed by atoms with Crippen molar-refractivity contribution in [2.24, 2.45) is 17.8 Å².